The van der Waals surface area contributed by atoms with Gasteiger partial charge in [0, 0.05) is 30.1 Å². The van der Waals surface area contributed by atoms with E-state index in [1.165, 1.54) is 19.3 Å². The number of nitrogens with one attached hydrogen (secondary N) is 2. The Balaban J connectivity index is 1.66. The fourth-order valence-corrected chi connectivity index (χ4v) is 3.82. The summed E-state index contributed by atoms with van der Waals surface area (Å²) in [4.78, 5) is 13.6. The van der Waals surface area contributed by atoms with E-state index < -0.39 is 0 Å². The van der Waals surface area contributed by atoms with E-state index in [1.807, 2.05) is 43.3 Å². The first kappa shape index (κ1) is 18.7. The highest BCUT2D eigenvalue weighted by Gasteiger charge is 2.16. The third kappa shape index (κ3) is 4.60. The molecule has 0 radical (unpaired) electrons. The van der Waals surface area contributed by atoms with Crippen molar-refractivity contribution in [2.45, 2.75) is 45.1 Å². The Morgan fingerprint density at radius 1 is 0.964 bits per heavy atom. The lowest BCUT2D eigenvalue weighted by Crippen LogP contribution is -2.23. The lowest BCUT2D eigenvalue weighted by atomic mass is 9.96. The van der Waals surface area contributed by atoms with Gasteiger partial charge in [-0.05, 0) is 49.6 Å². The number of nitrogens with zero attached hydrogens (tertiary/aromatic N) is 3. The van der Waals surface area contributed by atoms with Crippen molar-refractivity contribution in [3.05, 3.63) is 59.4 Å². The van der Waals surface area contributed by atoms with Crippen LogP contribution in [0.5, 0.6) is 0 Å². The molecule has 4 rings (SSSR count). The highest BCUT2D eigenvalue weighted by Crippen LogP contribution is 2.29. The van der Waals surface area contributed by atoms with Crippen molar-refractivity contribution in [1.82, 2.24) is 15.0 Å². The van der Waals surface area contributed by atoms with E-state index in [-0.39, 0.29) is 0 Å². The van der Waals surface area contributed by atoms with Crippen LogP contribution in [0.4, 0.5) is 17.5 Å². The number of hydrogen-bond donors (Lipinski definition) is 2. The maximum atomic E-state index is 6.40. The molecule has 0 bridgehead atoms. The molecule has 1 aliphatic carbocycles. The molecular weight excluding hydrogens is 370 g/mol. The summed E-state index contributed by atoms with van der Waals surface area (Å²) in [5.74, 6) is 1.36. The number of hydrogen-bond acceptors (Lipinski definition) is 5. The van der Waals surface area contributed by atoms with Gasteiger partial charge in [0.05, 0.1) is 16.4 Å². The Hall–Kier alpha value is -2.66. The minimum absolute atomic E-state index is 0.428. The van der Waals surface area contributed by atoms with Crippen molar-refractivity contribution < 1.29 is 0 Å². The lowest BCUT2D eigenvalue weighted by molar-refractivity contribution is 0.461. The molecule has 3 aromatic rings. The summed E-state index contributed by atoms with van der Waals surface area (Å²) in [5, 5.41) is 7.55. The van der Waals surface area contributed by atoms with E-state index in [0.717, 1.165) is 35.3 Å². The number of aryl methyl sites for hydroxylation is 1. The van der Waals surface area contributed by atoms with Gasteiger partial charge in [-0.3, -0.25) is 4.98 Å². The molecule has 0 spiro atoms. The zero-order chi connectivity index (χ0) is 19.3. The van der Waals surface area contributed by atoms with Crippen LogP contribution in [0, 0.1) is 6.92 Å². The van der Waals surface area contributed by atoms with Gasteiger partial charge in [-0.15, -0.1) is 0 Å². The standard InChI is InChI=1S/C22H24ClN5/c1-15-7-8-19(18(23)13-15)26-21-14-20(16-9-11-24-12-10-16)27-22(28-21)25-17-5-3-2-4-6-17/h7-14,17H,2-6H2,1H3,(H2,25,26,27,28). The second-order valence-electron chi connectivity index (χ2n) is 7.29. The average Bonchev–Trinajstić information content (AvgIpc) is 2.71. The number of halogens is 1. The van der Waals surface area contributed by atoms with E-state index in [1.54, 1.807) is 12.4 Å². The zero-order valence-electron chi connectivity index (χ0n) is 16.0. The lowest BCUT2D eigenvalue weighted by Gasteiger charge is -2.23. The van der Waals surface area contributed by atoms with Crippen molar-refractivity contribution in [2.75, 3.05) is 10.6 Å². The number of anilines is 3. The molecule has 2 heterocycles. The van der Waals surface area contributed by atoms with Crippen molar-refractivity contribution in [2.24, 2.45) is 0 Å². The highest BCUT2D eigenvalue weighted by molar-refractivity contribution is 6.33. The van der Waals surface area contributed by atoms with Crippen LogP contribution in [0.2, 0.25) is 5.02 Å². The smallest absolute Gasteiger partial charge is 0.225 e. The fourth-order valence-electron chi connectivity index (χ4n) is 3.54. The van der Waals surface area contributed by atoms with Crippen LogP contribution >= 0.6 is 11.6 Å². The Morgan fingerprint density at radius 3 is 2.50 bits per heavy atom. The predicted octanol–water partition coefficient (Wildman–Crippen LogP) is 5.99. The van der Waals surface area contributed by atoms with E-state index in [2.05, 4.69) is 15.6 Å². The predicted molar refractivity (Wildman–Crippen MR) is 115 cm³/mol. The maximum Gasteiger partial charge on any atom is 0.225 e. The molecule has 144 valence electrons. The van der Waals surface area contributed by atoms with Crippen molar-refractivity contribution in [3.63, 3.8) is 0 Å². The van der Waals surface area contributed by atoms with Gasteiger partial charge in [0.25, 0.3) is 0 Å². The van der Waals surface area contributed by atoms with Gasteiger partial charge in [0.15, 0.2) is 0 Å². The number of aromatic nitrogens is 3. The summed E-state index contributed by atoms with van der Waals surface area (Å²) >= 11 is 6.40. The molecule has 5 nitrogen and oxygen atoms in total. The van der Waals surface area contributed by atoms with Crippen LogP contribution in [0.25, 0.3) is 11.3 Å². The van der Waals surface area contributed by atoms with Gasteiger partial charge in [0.2, 0.25) is 5.95 Å². The molecule has 1 saturated carbocycles. The third-order valence-corrected chi connectivity index (χ3v) is 5.34. The van der Waals surface area contributed by atoms with Gasteiger partial charge in [-0.25, -0.2) is 4.98 Å². The summed E-state index contributed by atoms with van der Waals surface area (Å²) in [6, 6.07) is 12.2. The number of benzene rings is 1. The first-order valence-corrected chi connectivity index (χ1v) is 10.1. The Bertz CT molecular complexity index is 939. The summed E-state index contributed by atoms with van der Waals surface area (Å²) in [6.45, 7) is 2.02. The van der Waals surface area contributed by atoms with Crippen LogP contribution in [-0.4, -0.2) is 21.0 Å². The Morgan fingerprint density at radius 2 is 1.75 bits per heavy atom. The molecule has 0 saturated heterocycles. The largest absolute Gasteiger partial charge is 0.351 e. The Kier molecular flexibility index (Phi) is 5.72. The number of rotatable bonds is 5. The first-order valence-electron chi connectivity index (χ1n) is 9.76. The Labute approximate surface area is 170 Å². The third-order valence-electron chi connectivity index (χ3n) is 5.03. The monoisotopic (exact) mass is 393 g/mol. The summed E-state index contributed by atoms with van der Waals surface area (Å²) in [6.07, 6.45) is 9.70. The van der Waals surface area contributed by atoms with Gasteiger partial charge in [-0.1, -0.05) is 36.9 Å². The van der Waals surface area contributed by atoms with E-state index in [4.69, 9.17) is 21.6 Å². The molecule has 0 atom stereocenters. The second kappa shape index (κ2) is 8.57. The van der Waals surface area contributed by atoms with Gasteiger partial charge in [0.1, 0.15) is 5.82 Å². The molecule has 0 aliphatic heterocycles. The number of pyridine rings is 1. The quantitative estimate of drug-likeness (QED) is 0.557. The first-order chi connectivity index (χ1) is 13.7. The van der Waals surface area contributed by atoms with Crippen LogP contribution in [-0.2, 0) is 0 Å². The minimum Gasteiger partial charge on any atom is -0.351 e. The van der Waals surface area contributed by atoms with E-state index in [9.17, 15) is 0 Å². The molecule has 28 heavy (non-hydrogen) atoms. The zero-order valence-corrected chi connectivity index (χ0v) is 16.7. The van der Waals surface area contributed by atoms with Crippen LogP contribution in [0.3, 0.4) is 0 Å². The normalized spacial score (nSPS) is 14.6. The van der Waals surface area contributed by atoms with Gasteiger partial charge in [-0.2, -0.15) is 4.98 Å². The summed E-state index contributed by atoms with van der Waals surface area (Å²) in [7, 11) is 0. The van der Waals surface area contributed by atoms with Crippen molar-refractivity contribution in [1.29, 1.82) is 0 Å². The van der Waals surface area contributed by atoms with E-state index >= 15 is 0 Å². The van der Waals surface area contributed by atoms with Crippen LogP contribution < -0.4 is 10.6 Å². The summed E-state index contributed by atoms with van der Waals surface area (Å²) < 4.78 is 0. The van der Waals surface area contributed by atoms with Crippen molar-refractivity contribution >= 4 is 29.1 Å². The van der Waals surface area contributed by atoms with Gasteiger partial charge >= 0.3 is 0 Å². The van der Waals surface area contributed by atoms with E-state index in [0.29, 0.717) is 22.8 Å². The van der Waals surface area contributed by atoms with Crippen LogP contribution in [0.15, 0.2) is 48.8 Å². The maximum absolute atomic E-state index is 6.40. The fraction of sp³-hybridized carbons (Fsp3) is 0.318. The molecule has 1 aliphatic rings. The molecular formula is C22H24ClN5. The molecule has 0 unspecified atom stereocenters. The SMILES string of the molecule is Cc1ccc(Nc2cc(-c3ccncc3)nc(NC3CCCCC3)n2)c(Cl)c1. The minimum atomic E-state index is 0.428. The molecule has 1 fully saturated rings. The molecule has 2 N–H and O–H groups in total. The summed E-state index contributed by atoms with van der Waals surface area (Å²) in [5.41, 5.74) is 3.80. The second-order valence-corrected chi connectivity index (χ2v) is 7.69. The molecule has 2 aromatic heterocycles. The topological polar surface area (TPSA) is 62.7 Å². The van der Waals surface area contributed by atoms with Gasteiger partial charge < -0.3 is 10.6 Å². The molecule has 6 heteroatoms. The molecule has 0 amide bonds. The van der Waals surface area contributed by atoms with Crippen LogP contribution in [0.1, 0.15) is 37.7 Å². The highest BCUT2D eigenvalue weighted by atomic mass is 35.5. The van der Waals surface area contributed by atoms with Crippen molar-refractivity contribution in [3.8, 4) is 11.3 Å². The molecule has 1 aromatic carbocycles. The average molecular weight is 394 g/mol.